The van der Waals surface area contributed by atoms with Crippen LogP contribution in [0.5, 0.6) is 0 Å². The Morgan fingerprint density at radius 1 is 1.17 bits per heavy atom. The van der Waals surface area contributed by atoms with Crippen molar-refractivity contribution >= 4 is 28.8 Å². The summed E-state index contributed by atoms with van der Waals surface area (Å²) in [6, 6.07) is 10.0. The molecule has 2 aliphatic heterocycles. The number of nitrogens with one attached hydrogen (secondary N) is 1. The van der Waals surface area contributed by atoms with Crippen molar-refractivity contribution in [1.29, 1.82) is 0 Å². The summed E-state index contributed by atoms with van der Waals surface area (Å²) in [5.74, 6) is 0.686. The largest absolute Gasteiger partial charge is 0.352 e. The molecule has 0 atom stereocenters. The first-order chi connectivity index (χ1) is 14.1. The molecular weight excluding hydrogens is 382 g/mol. The normalized spacial score (nSPS) is 17.3. The van der Waals surface area contributed by atoms with Crippen molar-refractivity contribution < 1.29 is 9.59 Å². The van der Waals surface area contributed by atoms with E-state index in [2.05, 4.69) is 27.7 Å². The van der Waals surface area contributed by atoms with Gasteiger partial charge in [0.2, 0.25) is 5.91 Å². The van der Waals surface area contributed by atoms with Gasteiger partial charge in [-0.3, -0.25) is 14.5 Å². The second kappa shape index (κ2) is 9.09. The molecular formula is C23H29N3O2S. The summed E-state index contributed by atoms with van der Waals surface area (Å²) in [5, 5.41) is 5.26. The quantitative estimate of drug-likeness (QED) is 0.789. The van der Waals surface area contributed by atoms with E-state index in [0.29, 0.717) is 17.9 Å². The molecule has 29 heavy (non-hydrogen) atoms. The average Bonchev–Trinajstić information content (AvgIpc) is 3.41. The van der Waals surface area contributed by atoms with Crippen LogP contribution in [0.4, 0.5) is 5.69 Å². The lowest BCUT2D eigenvalue weighted by Crippen LogP contribution is -2.38. The van der Waals surface area contributed by atoms with Crippen molar-refractivity contribution in [3.8, 4) is 0 Å². The molecule has 6 heteroatoms. The zero-order chi connectivity index (χ0) is 20.2. The Balaban J connectivity index is 1.26. The Bertz CT molecular complexity index is 857. The molecule has 0 bridgehead atoms. The predicted molar refractivity (Wildman–Crippen MR) is 117 cm³/mol. The van der Waals surface area contributed by atoms with E-state index in [1.54, 1.807) is 0 Å². The molecule has 2 amide bonds. The molecule has 3 heterocycles. The van der Waals surface area contributed by atoms with Gasteiger partial charge in [0.05, 0.1) is 0 Å². The van der Waals surface area contributed by atoms with Crippen LogP contribution >= 0.6 is 11.3 Å². The Morgan fingerprint density at radius 3 is 2.72 bits per heavy atom. The van der Waals surface area contributed by atoms with Gasteiger partial charge in [0.1, 0.15) is 0 Å². The van der Waals surface area contributed by atoms with Crippen LogP contribution in [0.2, 0.25) is 0 Å². The smallest absolute Gasteiger partial charge is 0.251 e. The van der Waals surface area contributed by atoms with Gasteiger partial charge < -0.3 is 10.2 Å². The number of carbonyl (C=O) groups excluding carboxylic acids is 2. The molecule has 1 aromatic carbocycles. The van der Waals surface area contributed by atoms with Crippen LogP contribution < -0.4 is 10.2 Å². The lowest BCUT2D eigenvalue weighted by molar-refractivity contribution is -0.118. The Labute approximate surface area is 176 Å². The van der Waals surface area contributed by atoms with Crippen LogP contribution in [0.1, 0.15) is 47.0 Å². The van der Waals surface area contributed by atoms with Crippen LogP contribution in [0.15, 0.2) is 35.7 Å². The monoisotopic (exact) mass is 411 g/mol. The minimum Gasteiger partial charge on any atom is -0.352 e. The average molecular weight is 412 g/mol. The van der Waals surface area contributed by atoms with Gasteiger partial charge in [-0.25, -0.2) is 0 Å². The highest BCUT2D eigenvalue weighted by atomic mass is 32.1. The van der Waals surface area contributed by atoms with Gasteiger partial charge in [0.25, 0.3) is 5.91 Å². The van der Waals surface area contributed by atoms with Crippen molar-refractivity contribution in [2.75, 3.05) is 31.1 Å². The predicted octanol–water partition coefficient (Wildman–Crippen LogP) is 3.69. The molecule has 0 unspecified atom stereocenters. The Hall–Kier alpha value is -2.18. The number of rotatable bonds is 6. The fourth-order valence-electron chi connectivity index (χ4n) is 4.30. The van der Waals surface area contributed by atoms with Crippen molar-refractivity contribution in [3.63, 3.8) is 0 Å². The summed E-state index contributed by atoms with van der Waals surface area (Å²) in [6.07, 6.45) is 3.59. The fraction of sp³-hybridized carbons (Fsp3) is 0.478. The summed E-state index contributed by atoms with van der Waals surface area (Å²) in [5.41, 5.74) is 2.76. The number of anilines is 1. The highest BCUT2D eigenvalue weighted by Crippen LogP contribution is 2.29. The number of hydrogen-bond donors (Lipinski definition) is 1. The van der Waals surface area contributed by atoms with E-state index in [9.17, 15) is 9.59 Å². The molecule has 0 saturated carbocycles. The third-order valence-corrected chi connectivity index (χ3v) is 6.92. The number of benzene rings is 1. The highest BCUT2D eigenvalue weighted by Gasteiger charge is 2.25. The standard InChI is InChI=1S/C23H29N3O2S/c1-2-22(27)26-12-9-18-14-19(5-6-21(18)26)23(28)24-15-17-7-10-25(11-8-17)16-20-4-3-13-29-20/h3-6,13-14,17H,2,7-12,15-16H2,1H3,(H,24,28). The van der Waals surface area contributed by atoms with Gasteiger partial charge in [-0.15, -0.1) is 11.3 Å². The minimum atomic E-state index is -0.00548. The topological polar surface area (TPSA) is 52.7 Å². The highest BCUT2D eigenvalue weighted by molar-refractivity contribution is 7.09. The molecule has 2 aromatic rings. The van der Waals surface area contributed by atoms with Gasteiger partial charge in [0.15, 0.2) is 0 Å². The van der Waals surface area contributed by atoms with E-state index in [-0.39, 0.29) is 11.8 Å². The lowest BCUT2D eigenvalue weighted by Gasteiger charge is -2.31. The molecule has 1 aromatic heterocycles. The van der Waals surface area contributed by atoms with Crippen LogP contribution in [0, 0.1) is 5.92 Å². The maximum absolute atomic E-state index is 12.6. The number of likely N-dealkylation sites (tertiary alicyclic amines) is 1. The number of thiophene rings is 1. The SMILES string of the molecule is CCC(=O)N1CCc2cc(C(=O)NCC3CCN(Cc4cccs4)CC3)ccc21. The number of hydrogen-bond acceptors (Lipinski definition) is 4. The number of carbonyl (C=O) groups is 2. The maximum Gasteiger partial charge on any atom is 0.251 e. The fourth-order valence-corrected chi connectivity index (χ4v) is 5.05. The van der Waals surface area contributed by atoms with E-state index in [0.717, 1.165) is 63.2 Å². The van der Waals surface area contributed by atoms with Crippen molar-refractivity contribution in [2.24, 2.45) is 5.92 Å². The first-order valence-corrected chi connectivity index (χ1v) is 11.5. The lowest BCUT2D eigenvalue weighted by atomic mass is 9.96. The van der Waals surface area contributed by atoms with E-state index < -0.39 is 0 Å². The van der Waals surface area contributed by atoms with E-state index in [1.807, 2.05) is 41.4 Å². The second-order valence-electron chi connectivity index (χ2n) is 8.00. The third kappa shape index (κ3) is 4.70. The molecule has 1 fully saturated rings. The number of amides is 2. The molecule has 0 aliphatic carbocycles. The minimum absolute atomic E-state index is 0.00548. The molecule has 0 radical (unpaired) electrons. The summed E-state index contributed by atoms with van der Waals surface area (Å²) in [6.45, 7) is 6.58. The first kappa shape index (κ1) is 20.1. The number of piperidine rings is 1. The molecule has 4 rings (SSSR count). The number of fused-ring (bicyclic) bond motifs is 1. The van der Waals surface area contributed by atoms with Gasteiger partial charge in [-0.05, 0) is 73.5 Å². The molecule has 154 valence electrons. The van der Waals surface area contributed by atoms with E-state index in [1.165, 1.54) is 4.88 Å². The van der Waals surface area contributed by atoms with Crippen molar-refractivity contribution in [2.45, 2.75) is 39.2 Å². The van der Waals surface area contributed by atoms with Gasteiger partial charge in [-0.2, -0.15) is 0 Å². The molecule has 1 saturated heterocycles. The van der Waals surface area contributed by atoms with Crippen LogP contribution in [0.3, 0.4) is 0 Å². The van der Waals surface area contributed by atoms with Gasteiger partial charge >= 0.3 is 0 Å². The van der Waals surface area contributed by atoms with Gasteiger partial charge in [-0.1, -0.05) is 13.0 Å². The Morgan fingerprint density at radius 2 is 2.00 bits per heavy atom. The molecule has 0 spiro atoms. The molecule has 2 aliphatic rings. The summed E-state index contributed by atoms with van der Waals surface area (Å²) < 4.78 is 0. The number of nitrogens with zero attached hydrogens (tertiary/aromatic N) is 2. The van der Waals surface area contributed by atoms with Crippen LogP contribution in [0.25, 0.3) is 0 Å². The van der Waals surface area contributed by atoms with Crippen LogP contribution in [-0.2, 0) is 17.8 Å². The zero-order valence-corrected chi connectivity index (χ0v) is 17.8. The van der Waals surface area contributed by atoms with Gasteiger partial charge in [0, 0.05) is 42.2 Å². The first-order valence-electron chi connectivity index (χ1n) is 10.6. The van der Waals surface area contributed by atoms with Crippen molar-refractivity contribution in [1.82, 2.24) is 10.2 Å². The third-order valence-electron chi connectivity index (χ3n) is 6.06. The molecule has 1 N–H and O–H groups in total. The summed E-state index contributed by atoms with van der Waals surface area (Å²) >= 11 is 1.82. The second-order valence-corrected chi connectivity index (χ2v) is 9.03. The molecule has 5 nitrogen and oxygen atoms in total. The van der Waals surface area contributed by atoms with E-state index >= 15 is 0 Å². The Kier molecular flexibility index (Phi) is 6.31. The summed E-state index contributed by atoms with van der Waals surface area (Å²) in [7, 11) is 0. The maximum atomic E-state index is 12.6. The van der Waals surface area contributed by atoms with Crippen LogP contribution in [-0.4, -0.2) is 42.9 Å². The zero-order valence-electron chi connectivity index (χ0n) is 17.0. The van der Waals surface area contributed by atoms with Crippen molar-refractivity contribution in [3.05, 3.63) is 51.7 Å². The van der Waals surface area contributed by atoms with E-state index in [4.69, 9.17) is 0 Å². The summed E-state index contributed by atoms with van der Waals surface area (Å²) in [4.78, 5) is 30.4.